The van der Waals surface area contributed by atoms with E-state index < -0.39 is 6.10 Å². The highest BCUT2D eigenvalue weighted by Crippen LogP contribution is 2.36. The number of aliphatic hydroxyl groups is 1. The van der Waals surface area contributed by atoms with Crippen LogP contribution in [0, 0.1) is 12.7 Å². The van der Waals surface area contributed by atoms with Crippen LogP contribution in [0.15, 0.2) is 42.5 Å². The summed E-state index contributed by atoms with van der Waals surface area (Å²) < 4.78 is 14.5. The van der Waals surface area contributed by atoms with Gasteiger partial charge in [-0.2, -0.15) is 0 Å². The zero-order chi connectivity index (χ0) is 14.3. The summed E-state index contributed by atoms with van der Waals surface area (Å²) in [6.45, 7) is 1.90. The molecule has 0 saturated heterocycles. The molecule has 1 nitrogen and oxygen atoms in total. The SMILES string of the molecule is Cc1cc(C(O)c2ccc(F)c3ccccc23)sc1Cl. The molecule has 0 bridgehead atoms. The van der Waals surface area contributed by atoms with Gasteiger partial charge in [0.15, 0.2) is 0 Å². The van der Waals surface area contributed by atoms with Gasteiger partial charge in [0.1, 0.15) is 11.9 Å². The Bertz CT molecular complexity index is 762. The zero-order valence-corrected chi connectivity index (χ0v) is 12.3. The zero-order valence-electron chi connectivity index (χ0n) is 10.7. The first kappa shape index (κ1) is 13.6. The molecule has 1 atom stereocenters. The van der Waals surface area contributed by atoms with Gasteiger partial charge in [-0.05, 0) is 35.6 Å². The Kier molecular flexibility index (Phi) is 3.50. The number of hydrogen-bond donors (Lipinski definition) is 1. The standard InChI is InChI=1S/C16H12ClFOS/c1-9-8-14(20-16(9)17)15(19)12-6-7-13(18)11-5-3-2-4-10(11)12/h2-8,15,19H,1H3. The van der Waals surface area contributed by atoms with Crippen LogP contribution in [-0.4, -0.2) is 5.11 Å². The smallest absolute Gasteiger partial charge is 0.131 e. The van der Waals surface area contributed by atoms with Crippen LogP contribution < -0.4 is 0 Å². The third-order valence-electron chi connectivity index (χ3n) is 3.34. The van der Waals surface area contributed by atoms with Gasteiger partial charge in [-0.1, -0.05) is 41.9 Å². The Hall–Kier alpha value is -1.42. The van der Waals surface area contributed by atoms with Crippen molar-refractivity contribution in [3.05, 3.63) is 68.6 Å². The lowest BCUT2D eigenvalue weighted by Gasteiger charge is -2.12. The van der Waals surface area contributed by atoms with Gasteiger partial charge in [0.2, 0.25) is 0 Å². The minimum Gasteiger partial charge on any atom is -0.383 e. The lowest BCUT2D eigenvalue weighted by atomic mass is 9.99. The Morgan fingerprint density at radius 3 is 2.50 bits per heavy atom. The quantitative estimate of drug-likeness (QED) is 0.699. The number of rotatable bonds is 2. The van der Waals surface area contributed by atoms with Crippen LogP contribution in [0.1, 0.15) is 22.1 Å². The lowest BCUT2D eigenvalue weighted by molar-refractivity contribution is 0.225. The van der Waals surface area contributed by atoms with Gasteiger partial charge in [-0.25, -0.2) is 4.39 Å². The highest BCUT2D eigenvalue weighted by atomic mass is 35.5. The van der Waals surface area contributed by atoms with Crippen molar-refractivity contribution < 1.29 is 9.50 Å². The van der Waals surface area contributed by atoms with Crippen LogP contribution in [-0.2, 0) is 0 Å². The third-order valence-corrected chi connectivity index (χ3v) is 4.95. The lowest BCUT2D eigenvalue weighted by Crippen LogP contribution is -1.99. The Morgan fingerprint density at radius 2 is 1.85 bits per heavy atom. The molecule has 1 heterocycles. The van der Waals surface area contributed by atoms with E-state index in [0.29, 0.717) is 15.3 Å². The van der Waals surface area contributed by atoms with Crippen molar-refractivity contribution >= 4 is 33.7 Å². The fourth-order valence-corrected chi connectivity index (χ4v) is 3.52. The van der Waals surface area contributed by atoms with Crippen molar-refractivity contribution in [2.24, 2.45) is 0 Å². The van der Waals surface area contributed by atoms with Crippen LogP contribution in [0.2, 0.25) is 4.34 Å². The fourth-order valence-electron chi connectivity index (χ4n) is 2.30. The number of thiophene rings is 1. The summed E-state index contributed by atoms with van der Waals surface area (Å²) in [4.78, 5) is 0.768. The maximum Gasteiger partial charge on any atom is 0.131 e. The summed E-state index contributed by atoms with van der Waals surface area (Å²) >= 11 is 7.40. The van der Waals surface area contributed by atoms with E-state index in [1.807, 2.05) is 25.1 Å². The Labute approximate surface area is 125 Å². The predicted octanol–water partition coefficient (Wildman–Crippen LogP) is 5.08. The van der Waals surface area contributed by atoms with Crippen molar-refractivity contribution in [1.82, 2.24) is 0 Å². The molecule has 3 aromatic rings. The highest BCUT2D eigenvalue weighted by molar-refractivity contribution is 7.16. The van der Waals surface area contributed by atoms with E-state index in [4.69, 9.17) is 11.6 Å². The van der Waals surface area contributed by atoms with Gasteiger partial charge in [0, 0.05) is 10.3 Å². The van der Waals surface area contributed by atoms with Crippen molar-refractivity contribution in [3.63, 3.8) is 0 Å². The maximum atomic E-state index is 13.8. The second-order valence-corrected chi connectivity index (χ2v) is 6.38. The number of aryl methyl sites for hydroxylation is 1. The second kappa shape index (κ2) is 5.17. The van der Waals surface area contributed by atoms with Crippen molar-refractivity contribution in [2.75, 3.05) is 0 Å². The largest absolute Gasteiger partial charge is 0.383 e. The fraction of sp³-hybridized carbons (Fsp3) is 0.125. The molecule has 1 aromatic heterocycles. The van der Waals surface area contributed by atoms with E-state index >= 15 is 0 Å². The molecule has 0 aliphatic rings. The van der Waals surface area contributed by atoms with Gasteiger partial charge in [0.05, 0.1) is 4.34 Å². The summed E-state index contributed by atoms with van der Waals surface area (Å²) in [6.07, 6.45) is -0.795. The third kappa shape index (κ3) is 2.22. The van der Waals surface area contributed by atoms with Gasteiger partial charge in [-0.15, -0.1) is 11.3 Å². The molecular formula is C16H12ClFOS. The molecule has 1 N–H and O–H groups in total. The Balaban J connectivity index is 2.17. The molecule has 20 heavy (non-hydrogen) atoms. The van der Waals surface area contributed by atoms with Crippen LogP contribution >= 0.6 is 22.9 Å². The Morgan fingerprint density at radius 1 is 1.15 bits per heavy atom. The monoisotopic (exact) mass is 306 g/mol. The molecule has 102 valence electrons. The summed E-state index contributed by atoms with van der Waals surface area (Å²) in [7, 11) is 0. The molecule has 4 heteroatoms. The number of fused-ring (bicyclic) bond motifs is 1. The van der Waals surface area contributed by atoms with Gasteiger partial charge < -0.3 is 5.11 Å². The first-order valence-corrected chi connectivity index (χ1v) is 7.38. The molecule has 0 aliphatic carbocycles. The first-order chi connectivity index (χ1) is 9.58. The average Bonchev–Trinajstić information content (AvgIpc) is 2.79. The normalized spacial score (nSPS) is 12.8. The molecule has 0 radical (unpaired) electrons. The number of hydrogen-bond acceptors (Lipinski definition) is 2. The number of benzene rings is 2. The van der Waals surface area contributed by atoms with Crippen molar-refractivity contribution in [3.8, 4) is 0 Å². The predicted molar refractivity (Wildman–Crippen MR) is 82.0 cm³/mol. The van der Waals surface area contributed by atoms with Crippen LogP contribution in [0.3, 0.4) is 0 Å². The highest BCUT2D eigenvalue weighted by Gasteiger charge is 2.18. The second-order valence-electron chi connectivity index (χ2n) is 4.69. The van der Waals surface area contributed by atoms with E-state index in [9.17, 15) is 9.50 Å². The number of halogens is 2. The van der Waals surface area contributed by atoms with Gasteiger partial charge in [-0.3, -0.25) is 0 Å². The summed E-state index contributed by atoms with van der Waals surface area (Å²) in [5, 5.41) is 11.8. The number of aliphatic hydroxyl groups excluding tert-OH is 1. The van der Waals surface area contributed by atoms with Gasteiger partial charge in [0.25, 0.3) is 0 Å². The minimum absolute atomic E-state index is 0.281. The molecule has 3 rings (SSSR count). The summed E-state index contributed by atoms with van der Waals surface area (Å²) in [6, 6.07) is 12.1. The molecule has 0 spiro atoms. The molecule has 0 aliphatic heterocycles. The van der Waals surface area contributed by atoms with E-state index in [1.54, 1.807) is 18.2 Å². The van der Waals surface area contributed by atoms with Crippen LogP contribution in [0.25, 0.3) is 10.8 Å². The van der Waals surface area contributed by atoms with Crippen molar-refractivity contribution in [1.29, 1.82) is 0 Å². The molecule has 0 amide bonds. The van der Waals surface area contributed by atoms with Crippen molar-refractivity contribution in [2.45, 2.75) is 13.0 Å². The van der Waals surface area contributed by atoms with Gasteiger partial charge >= 0.3 is 0 Å². The molecule has 0 fully saturated rings. The maximum absolute atomic E-state index is 13.8. The van der Waals surface area contributed by atoms with Crippen LogP contribution in [0.5, 0.6) is 0 Å². The van der Waals surface area contributed by atoms with E-state index in [1.165, 1.54) is 17.4 Å². The minimum atomic E-state index is -0.795. The molecule has 2 aromatic carbocycles. The summed E-state index contributed by atoms with van der Waals surface area (Å²) in [5.74, 6) is -0.281. The van der Waals surface area contributed by atoms with E-state index in [2.05, 4.69) is 0 Å². The van der Waals surface area contributed by atoms with Crippen LogP contribution in [0.4, 0.5) is 4.39 Å². The first-order valence-electron chi connectivity index (χ1n) is 6.19. The van der Waals surface area contributed by atoms with E-state index in [-0.39, 0.29) is 5.82 Å². The molecule has 1 unspecified atom stereocenters. The topological polar surface area (TPSA) is 20.2 Å². The average molecular weight is 307 g/mol. The molecular weight excluding hydrogens is 295 g/mol. The summed E-state index contributed by atoms with van der Waals surface area (Å²) in [5.41, 5.74) is 1.64. The molecule has 0 saturated carbocycles. The van der Waals surface area contributed by atoms with E-state index in [0.717, 1.165) is 15.8 Å².